The molecule has 3 saturated carbocycles. The molecule has 16 heavy (non-hydrogen) atoms. The van der Waals surface area contributed by atoms with Gasteiger partial charge in [-0.2, -0.15) is 0 Å². The summed E-state index contributed by atoms with van der Waals surface area (Å²) in [5.74, 6) is 1.00. The Kier molecular flexibility index (Phi) is 3.36. The lowest BCUT2D eigenvalue weighted by atomic mass is 9.66. The van der Waals surface area contributed by atoms with Gasteiger partial charge in [0, 0.05) is 5.41 Å². The van der Waals surface area contributed by atoms with Crippen LogP contribution in [0, 0.1) is 22.2 Å². The van der Waals surface area contributed by atoms with E-state index in [4.69, 9.17) is 0 Å². The van der Waals surface area contributed by atoms with E-state index in [1.807, 2.05) is 27.7 Å². The lowest BCUT2D eigenvalue weighted by Crippen LogP contribution is -2.30. The molecule has 3 aliphatic carbocycles. The van der Waals surface area contributed by atoms with Crippen LogP contribution in [0.2, 0.25) is 0 Å². The van der Waals surface area contributed by atoms with E-state index in [0.29, 0.717) is 16.2 Å². The summed E-state index contributed by atoms with van der Waals surface area (Å²) >= 11 is 0. The minimum atomic E-state index is 0.517. The molecular weight excluding hydrogens is 192 g/mol. The second-order valence-corrected chi connectivity index (χ2v) is 5.76. The molecule has 0 saturated heterocycles. The molecule has 0 aliphatic heterocycles. The quantitative estimate of drug-likeness (QED) is 0.479. The third-order valence-electron chi connectivity index (χ3n) is 5.98. The fraction of sp³-hybridized carbons (Fsp3) is 0.875. The minimum Gasteiger partial charge on any atom is -0.0993 e. The molecule has 3 aliphatic rings. The Morgan fingerprint density at radius 1 is 1.06 bits per heavy atom. The van der Waals surface area contributed by atoms with Crippen molar-refractivity contribution in [2.45, 2.75) is 67.7 Å². The molecule has 0 nitrogen and oxygen atoms in total. The van der Waals surface area contributed by atoms with Crippen molar-refractivity contribution in [1.29, 1.82) is 0 Å². The van der Waals surface area contributed by atoms with Crippen molar-refractivity contribution in [3.05, 3.63) is 12.2 Å². The summed E-state index contributed by atoms with van der Waals surface area (Å²) in [6.07, 6.45) is 4.28. The van der Waals surface area contributed by atoms with E-state index >= 15 is 0 Å². The summed E-state index contributed by atoms with van der Waals surface area (Å²) in [6.45, 7) is 19.6. The van der Waals surface area contributed by atoms with Crippen molar-refractivity contribution in [2.24, 2.45) is 22.2 Å². The summed E-state index contributed by atoms with van der Waals surface area (Å²) in [6, 6.07) is 0. The highest BCUT2D eigenvalue weighted by atomic mass is 14.9. The van der Waals surface area contributed by atoms with Gasteiger partial charge in [-0.25, -0.2) is 0 Å². The molecule has 3 unspecified atom stereocenters. The van der Waals surface area contributed by atoms with Crippen molar-refractivity contribution in [1.82, 2.24) is 0 Å². The lowest BCUT2D eigenvalue weighted by molar-refractivity contribution is 0.112. The normalized spacial score (nSPS) is 44.9. The third-order valence-corrected chi connectivity index (χ3v) is 5.98. The van der Waals surface area contributed by atoms with E-state index in [1.54, 1.807) is 5.57 Å². The van der Waals surface area contributed by atoms with E-state index in [-0.39, 0.29) is 0 Å². The zero-order chi connectivity index (χ0) is 12.8. The smallest absolute Gasteiger partial charge is 0.000242 e. The van der Waals surface area contributed by atoms with Gasteiger partial charge in [-0.3, -0.25) is 0 Å². The van der Waals surface area contributed by atoms with Crippen molar-refractivity contribution < 1.29 is 0 Å². The number of allylic oxidation sites excluding steroid dienone is 1. The zero-order valence-corrected chi connectivity index (χ0v) is 12.4. The fourth-order valence-corrected chi connectivity index (χ4v) is 4.89. The second-order valence-electron chi connectivity index (χ2n) is 5.76. The molecule has 3 atom stereocenters. The summed E-state index contributed by atoms with van der Waals surface area (Å²) in [5, 5.41) is 0. The Hall–Kier alpha value is -0.260. The van der Waals surface area contributed by atoms with Crippen LogP contribution >= 0.6 is 0 Å². The topological polar surface area (TPSA) is 0 Å². The van der Waals surface area contributed by atoms with E-state index in [1.165, 1.54) is 19.3 Å². The predicted molar refractivity (Wildman–Crippen MR) is 73.5 cm³/mol. The second kappa shape index (κ2) is 3.89. The molecular formula is C16H30. The molecule has 0 aromatic carbocycles. The Morgan fingerprint density at radius 2 is 1.56 bits per heavy atom. The monoisotopic (exact) mass is 222 g/mol. The van der Waals surface area contributed by atoms with Gasteiger partial charge in [0.2, 0.25) is 0 Å². The van der Waals surface area contributed by atoms with Crippen LogP contribution in [0.25, 0.3) is 0 Å². The lowest BCUT2D eigenvalue weighted by Gasteiger charge is -2.38. The van der Waals surface area contributed by atoms with Gasteiger partial charge in [0.15, 0.2) is 0 Å². The maximum Gasteiger partial charge on any atom is 0.000242 e. The molecule has 1 spiro atoms. The van der Waals surface area contributed by atoms with Gasteiger partial charge in [0.05, 0.1) is 0 Å². The maximum absolute atomic E-state index is 4.28. The summed E-state index contributed by atoms with van der Waals surface area (Å²) in [5.41, 5.74) is 3.34. The van der Waals surface area contributed by atoms with Crippen LogP contribution in [0.15, 0.2) is 12.2 Å². The Morgan fingerprint density at radius 3 is 1.75 bits per heavy atom. The van der Waals surface area contributed by atoms with Gasteiger partial charge in [-0.15, -0.1) is 0 Å². The largest absolute Gasteiger partial charge is 0.0993 e. The number of rotatable bonds is 0. The molecule has 0 heterocycles. The van der Waals surface area contributed by atoms with Crippen molar-refractivity contribution in [3.8, 4) is 0 Å². The van der Waals surface area contributed by atoms with Gasteiger partial charge in [0.1, 0.15) is 0 Å². The van der Waals surface area contributed by atoms with Crippen LogP contribution in [0.5, 0.6) is 0 Å². The van der Waals surface area contributed by atoms with E-state index in [2.05, 4.69) is 27.4 Å². The third kappa shape index (κ3) is 1.02. The first-order chi connectivity index (χ1) is 7.48. The van der Waals surface area contributed by atoms with Crippen LogP contribution in [-0.2, 0) is 0 Å². The number of hydrogen-bond acceptors (Lipinski definition) is 0. The Labute approximate surface area is 103 Å². The maximum atomic E-state index is 4.28. The molecule has 0 aromatic rings. The molecule has 3 rings (SSSR count). The SMILES string of the molecule is C=C1CC2CCC23C(C)(C)C13C.CC.CC. The standard InChI is InChI=1S/C12H18.2C2H6/c1-8-7-9-5-6-12(9)10(2,3)11(8,12)4;2*1-2/h9H,1,5-7H2,2-4H3;2*1-2H3. The molecule has 94 valence electrons. The molecule has 0 radical (unpaired) electrons. The highest BCUT2D eigenvalue weighted by molar-refractivity contribution is 5.46. The van der Waals surface area contributed by atoms with Crippen LogP contribution in [0.4, 0.5) is 0 Å². The molecule has 0 aromatic heterocycles. The summed E-state index contributed by atoms with van der Waals surface area (Å²) < 4.78 is 0. The fourth-order valence-electron chi connectivity index (χ4n) is 4.89. The first-order valence-corrected chi connectivity index (χ1v) is 7.17. The van der Waals surface area contributed by atoms with E-state index in [0.717, 1.165) is 5.92 Å². The Balaban J connectivity index is 0.000000291. The Bertz CT molecular complexity index is 286. The molecule has 0 heteroatoms. The molecule has 3 fully saturated rings. The van der Waals surface area contributed by atoms with Gasteiger partial charge in [-0.1, -0.05) is 60.6 Å². The minimum absolute atomic E-state index is 0.517. The predicted octanol–water partition coefficient (Wildman–Crippen LogP) is 5.44. The number of hydrogen-bond donors (Lipinski definition) is 0. The van der Waals surface area contributed by atoms with Crippen molar-refractivity contribution >= 4 is 0 Å². The van der Waals surface area contributed by atoms with Gasteiger partial charge in [-0.05, 0) is 36.0 Å². The molecule has 0 bridgehead atoms. The van der Waals surface area contributed by atoms with Crippen LogP contribution in [0.1, 0.15) is 67.7 Å². The van der Waals surface area contributed by atoms with E-state index < -0.39 is 0 Å². The first kappa shape index (κ1) is 13.8. The van der Waals surface area contributed by atoms with Gasteiger partial charge >= 0.3 is 0 Å². The van der Waals surface area contributed by atoms with Gasteiger partial charge in [0.25, 0.3) is 0 Å². The molecule has 0 amide bonds. The van der Waals surface area contributed by atoms with E-state index in [9.17, 15) is 0 Å². The average Bonchev–Trinajstić information content (AvgIpc) is 2.64. The molecule has 0 N–H and O–H groups in total. The zero-order valence-electron chi connectivity index (χ0n) is 12.4. The van der Waals surface area contributed by atoms with Crippen molar-refractivity contribution in [2.75, 3.05) is 0 Å². The summed E-state index contributed by atoms with van der Waals surface area (Å²) in [4.78, 5) is 0. The highest BCUT2D eigenvalue weighted by Crippen LogP contribution is 2.93. The van der Waals surface area contributed by atoms with Gasteiger partial charge < -0.3 is 0 Å². The van der Waals surface area contributed by atoms with Crippen LogP contribution in [0.3, 0.4) is 0 Å². The highest BCUT2D eigenvalue weighted by Gasteiger charge is 2.87. The summed E-state index contributed by atoms with van der Waals surface area (Å²) in [7, 11) is 0. The average molecular weight is 222 g/mol. The van der Waals surface area contributed by atoms with Crippen molar-refractivity contribution in [3.63, 3.8) is 0 Å². The first-order valence-electron chi connectivity index (χ1n) is 7.17. The van der Waals surface area contributed by atoms with Crippen LogP contribution < -0.4 is 0 Å². The van der Waals surface area contributed by atoms with Crippen LogP contribution in [-0.4, -0.2) is 0 Å².